The second-order valence-corrected chi connectivity index (χ2v) is 6.76. The number of hydrogen-bond donors (Lipinski definition) is 1. The lowest BCUT2D eigenvalue weighted by Crippen LogP contribution is -2.31. The third-order valence-corrected chi connectivity index (χ3v) is 4.65. The minimum absolute atomic E-state index is 0.0326. The SMILES string of the molecule is O=C(c1cncc(Nc2cc(Cl)ccc2Cl)c1)N1CCCCCC1. The molecule has 1 amide bonds. The van der Waals surface area contributed by atoms with Crippen molar-refractivity contribution in [1.29, 1.82) is 0 Å². The van der Waals surface area contributed by atoms with Crippen LogP contribution in [0.15, 0.2) is 36.7 Å². The second kappa shape index (κ2) is 7.86. The molecule has 6 heteroatoms. The van der Waals surface area contributed by atoms with Gasteiger partial charge in [-0.1, -0.05) is 36.0 Å². The number of halogens is 2. The Balaban J connectivity index is 1.78. The Bertz CT molecular complexity index is 728. The third-order valence-electron chi connectivity index (χ3n) is 4.09. The van der Waals surface area contributed by atoms with Crippen LogP contribution >= 0.6 is 23.2 Å². The quantitative estimate of drug-likeness (QED) is 0.819. The van der Waals surface area contributed by atoms with Gasteiger partial charge in [0.05, 0.1) is 28.2 Å². The highest BCUT2D eigenvalue weighted by atomic mass is 35.5. The van der Waals surface area contributed by atoms with Crippen LogP contribution in [-0.2, 0) is 0 Å². The van der Waals surface area contributed by atoms with E-state index in [1.807, 2.05) is 4.90 Å². The molecule has 3 rings (SSSR count). The predicted molar refractivity (Wildman–Crippen MR) is 98.4 cm³/mol. The second-order valence-electron chi connectivity index (χ2n) is 5.92. The van der Waals surface area contributed by atoms with E-state index in [2.05, 4.69) is 10.3 Å². The summed E-state index contributed by atoms with van der Waals surface area (Å²) in [6.07, 6.45) is 7.78. The lowest BCUT2D eigenvalue weighted by atomic mass is 10.2. The number of nitrogens with one attached hydrogen (secondary N) is 1. The van der Waals surface area contributed by atoms with Gasteiger partial charge in [-0.25, -0.2) is 0 Å². The zero-order valence-electron chi connectivity index (χ0n) is 13.3. The lowest BCUT2D eigenvalue weighted by Gasteiger charge is -2.20. The van der Waals surface area contributed by atoms with Gasteiger partial charge in [0.1, 0.15) is 0 Å². The maximum atomic E-state index is 12.7. The molecule has 1 aliphatic heterocycles. The number of carbonyl (C=O) groups excluding carboxylic acids is 1. The fourth-order valence-electron chi connectivity index (χ4n) is 2.83. The van der Waals surface area contributed by atoms with Crippen LogP contribution in [0.4, 0.5) is 11.4 Å². The molecular weight excluding hydrogens is 345 g/mol. The number of likely N-dealkylation sites (tertiary alicyclic amines) is 1. The first-order valence-corrected chi connectivity index (χ1v) is 8.85. The van der Waals surface area contributed by atoms with Gasteiger partial charge in [-0.2, -0.15) is 0 Å². The molecule has 0 saturated carbocycles. The first-order valence-electron chi connectivity index (χ1n) is 8.10. The van der Waals surface area contributed by atoms with Crippen molar-refractivity contribution in [1.82, 2.24) is 9.88 Å². The van der Waals surface area contributed by atoms with Gasteiger partial charge >= 0.3 is 0 Å². The van der Waals surface area contributed by atoms with Crippen LogP contribution in [0.2, 0.25) is 10.0 Å². The first kappa shape index (κ1) is 17.1. The van der Waals surface area contributed by atoms with E-state index < -0.39 is 0 Å². The zero-order valence-corrected chi connectivity index (χ0v) is 14.8. The van der Waals surface area contributed by atoms with Crippen molar-refractivity contribution in [3.63, 3.8) is 0 Å². The summed E-state index contributed by atoms with van der Waals surface area (Å²) in [6, 6.07) is 7.00. The van der Waals surface area contributed by atoms with E-state index in [0.29, 0.717) is 27.0 Å². The fourth-order valence-corrected chi connectivity index (χ4v) is 3.17. The van der Waals surface area contributed by atoms with E-state index in [1.54, 1.807) is 36.7 Å². The van der Waals surface area contributed by atoms with E-state index in [9.17, 15) is 4.79 Å². The van der Waals surface area contributed by atoms with E-state index in [1.165, 1.54) is 12.8 Å². The number of benzene rings is 1. The van der Waals surface area contributed by atoms with Crippen molar-refractivity contribution >= 4 is 40.5 Å². The molecule has 0 atom stereocenters. The first-order chi connectivity index (χ1) is 11.6. The molecule has 0 unspecified atom stereocenters. The van der Waals surface area contributed by atoms with Crippen LogP contribution in [0.1, 0.15) is 36.0 Å². The van der Waals surface area contributed by atoms with Gasteiger partial charge in [0.2, 0.25) is 0 Å². The van der Waals surface area contributed by atoms with Gasteiger partial charge in [0.25, 0.3) is 5.91 Å². The molecule has 126 valence electrons. The summed E-state index contributed by atoms with van der Waals surface area (Å²) in [7, 11) is 0. The van der Waals surface area contributed by atoms with E-state index in [0.717, 1.165) is 25.9 Å². The molecule has 24 heavy (non-hydrogen) atoms. The molecule has 1 aliphatic rings. The molecule has 4 nitrogen and oxygen atoms in total. The summed E-state index contributed by atoms with van der Waals surface area (Å²) in [5.74, 6) is 0.0326. The van der Waals surface area contributed by atoms with Crippen molar-refractivity contribution in [2.24, 2.45) is 0 Å². The van der Waals surface area contributed by atoms with Crippen molar-refractivity contribution in [3.05, 3.63) is 52.3 Å². The van der Waals surface area contributed by atoms with Crippen molar-refractivity contribution in [2.75, 3.05) is 18.4 Å². The molecule has 0 spiro atoms. The maximum Gasteiger partial charge on any atom is 0.255 e. The fraction of sp³-hybridized carbons (Fsp3) is 0.333. The Morgan fingerprint density at radius 1 is 1.04 bits per heavy atom. The monoisotopic (exact) mass is 363 g/mol. The molecule has 0 radical (unpaired) electrons. The van der Waals surface area contributed by atoms with Crippen LogP contribution < -0.4 is 5.32 Å². The van der Waals surface area contributed by atoms with Gasteiger partial charge in [-0.05, 0) is 37.1 Å². The summed E-state index contributed by atoms with van der Waals surface area (Å²) < 4.78 is 0. The molecule has 1 saturated heterocycles. The van der Waals surface area contributed by atoms with Gasteiger partial charge < -0.3 is 10.2 Å². The number of nitrogens with zero attached hydrogens (tertiary/aromatic N) is 2. The topological polar surface area (TPSA) is 45.2 Å². The highest BCUT2D eigenvalue weighted by Crippen LogP contribution is 2.28. The Labute approximate surface area is 151 Å². The normalized spacial score (nSPS) is 15.0. The van der Waals surface area contributed by atoms with Crippen molar-refractivity contribution in [3.8, 4) is 0 Å². The van der Waals surface area contributed by atoms with Crippen LogP contribution in [0, 0.1) is 0 Å². The Morgan fingerprint density at radius 3 is 2.54 bits per heavy atom. The zero-order chi connectivity index (χ0) is 16.9. The number of pyridine rings is 1. The van der Waals surface area contributed by atoms with Gasteiger partial charge in [0, 0.05) is 24.3 Å². The molecule has 2 heterocycles. The van der Waals surface area contributed by atoms with Crippen LogP contribution in [0.3, 0.4) is 0 Å². The Kier molecular flexibility index (Phi) is 5.59. The molecule has 0 aliphatic carbocycles. The number of amides is 1. The number of rotatable bonds is 3. The minimum Gasteiger partial charge on any atom is -0.353 e. The highest BCUT2D eigenvalue weighted by molar-refractivity contribution is 6.35. The standard InChI is InChI=1S/C18H19Cl2N3O/c19-14-5-6-16(20)17(10-14)22-15-9-13(11-21-12-15)18(24)23-7-3-1-2-4-8-23/h5-6,9-12,22H,1-4,7-8H2. The maximum absolute atomic E-state index is 12.7. The smallest absolute Gasteiger partial charge is 0.255 e. The summed E-state index contributed by atoms with van der Waals surface area (Å²) >= 11 is 12.2. The molecule has 1 aromatic carbocycles. The van der Waals surface area contributed by atoms with Crippen molar-refractivity contribution < 1.29 is 4.79 Å². The predicted octanol–water partition coefficient (Wildman–Crippen LogP) is 5.15. The van der Waals surface area contributed by atoms with Gasteiger partial charge in [-0.15, -0.1) is 0 Å². The van der Waals surface area contributed by atoms with E-state index in [4.69, 9.17) is 23.2 Å². The number of aromatic nitrogens is 1. The molecule has 0 bridgehead atoms. The van der Waals surface area contributed by atoms with E-state index in [-0.39, 0.29) is 5.91 Å². The average molecular weight is 364 g/mol. The van der Waals surface area contributed by atoms with Crippen LogP contribution in [0.25, 0.3) is 0 Å². The summed E-state index contributed by atoms with van der Waals surface area (Å²) in [4.78, 5) is 18.8. The molecular formula is C18H19Cl2N3O. The minimum atomic E-state index is 0.0326. The lowest BCUT2D eigenvalue weighted by molar-refractivity contribution is 0.0761. The van der Waals surface area contributed by atoms with Crippen LogP contribution in [-0.4, -0.2) is 28.9 Å². The average Bonchev–Trinajstić information content (AvgIpc) is 2.87. The molecule has 1 aromatic heterocycles. The van der Waals surface area contributed by atoms with E-state index >= 15 is 0 Å². The van der Waals surface area contributed by atoms with Gasteiger partial charge in [-0.3, -0.25) is 9.78 Å². The number of carbonyl (C=O) groups is 1. The molecule has 1 N–H and O–H groups in total. The largest absolute Gasteiger partial charge is 0.353 e. The third kappa shape index (κ3) is 4.19. The van der Waals surface area contributed by atoms with Crippen molar-refractivity contribution in [2.45, 2.75) is 25.7 Å². The number of anilines is 2. The Hall–Kier alpha value is -1.78. The van der Waals surface area contributed by atoms with Gasteiger partial charge in [0.15, 0.2) is 0 Å². The number of hydrogen-bond acceptors (Lipinski definition) is 3. The highest BCUT2D eigenvalue weighted by Gasteiger charge is 2.18. The summed E-state index contributed by atoms with van der Waals surface area (Å²) in [5.41, 5.74) is 1.98. The molecule has 1 fully saturated rings. The molecule has 2 aromatic rings. The summed E-state index contributed by atoms with van der Waals surface area (Å²) in [5, 5.41) is 4.32. The summed E-state index contributed by atoms with van der Waals surface area (Å²) in [6.45, 7) is 1.63. The van der Waals surface area contributed by atoms with Crippen LogP contribution in [0.5, 0.6) is 0 Å². The Morgan fingerprint density at radius 2 is 1.79 bits per heavy atom.